The number of aliphatic hydroxyl groups excluding tert-OH is 1. The van der Waals surface area contributed by atoms with E-state index in [1.807, 2.05) is 0 Å². The molecule has 2 atom stereocenters. The van der Waals surface area contributed by atoms with Gasteiger partial charge in [0.05, 0.1) is 29.2 Å². The molecule has 1 aliphatic heterocycles. The number of benzene rings is 1. The molecule has 1 aliphatic rings. The maximum atomic E-state index is 12.5. The molecule has 1 aromatic heterocycles. The predicted molar refractivity (Wildman–Crippen MR) is 80.5 cm³/mol. The number of nitrogens with zero attached hydrogens (tertiary/aromatic N) is 1. The molecule has 3 rings (SSSR count). The van der Waals surface area contributed by atoms with Crippen molar-refractivity contribution in [3.05, 3.63) is 36.5 Å². The molecule has 0 aliphatic carbocycles. The van der Waals surface area contributed by atoms with E-state index in [2.05, 4.69) is 9.71 Å². The zero-order valence-electron chi connectivity index (χ0n) is 11.4. The molecular weight excluding hydrogens is 328 g/mol. The third-order valence-electron chi connectivity index (χ3n) is 3.51. The number of fused-ring (bicyclic) bond motifs is 1. The lowest BCUT2D eigenvalue weighted by atomic mass is 10.2. The second-order valence-electron chi connectivity index (χ2n) is 5.20. The number of aromatic nitrogens is 1. The summed E-state index contributed by atoms with van der Waals surface area (Å²) in [5, 5.41) is 10.4. The molecule has 0 amide bonds. The first-order chi connectivity index (χ1) is 10.3. The third kappa shape index (κ3) is 2.84. The van der Waals surface area contributed by atoms with Gasteiger partial charge < -0.3 is 5.11 Å². The first kappa shape index (κ1) is 15.3. The monoisotopic (exact) mass is 342 g/mol. The summed E-state index contributed by atoms with van der Waals surface area (Å²) in [6.07, 6.45) is 0.235. The highest BCUT2D eigenvalue weighted by Crippen LogP contribution is 2.22. The number of nitrogens with one attached hydrogen (secondary N) is 1. The van der Waals surface area contributed by atoms with Crippen molar-refractivity contribution in [2.24, 2.45) is 0 Å². The summed E-state index contributed by atoms with van der Waals surface area (Å²) >= 11 is 0. The second-order valence-corrected chi connectivity index (χ2v) is 9.04. The first-order valence-electron chi connectivity index (χ1n) is 6.53. The van der Waals surface area contributed by atoms with E-state index < -0.39 is 43.5 Å². The Bertz CT molecular complexity index is 919. The van der Waals surface area contributed by atoms with Crippen LogP contribution in [0.4, 0.5) is 0 Å². The van der Waals surface area contributed by atoms with Crippen molar-refractivity contribution in [1.29, 1.82) is 0 Å². The Labute approximate surface area is 128 Å². The van der Waals surface area contributed by atoms with Crippen LogP contribution in [-0.2, 0) is 19.9 Å². The van der Waals surface area contributed by atoms with E-state index in [1.54, 1.807) is 24.3 Å². The highest BCUT2D eigenvalue weighted by atomic mass is 32.2. The summed E-state index contributed by atoms with van der Waals surface area (Å²) in [5.41, 5.74) is 0.299. The van der Waals surface area contributed by atoms with Crippen LogP contribution in [0.3, 0.4) is 0 Å². The van der Waals surface area contributed by atoms with E-state index in [0.29, 0.717) is 10.9 Å². The van der Waals surface area contributed by atoms with E-state index in [9.17, 15) is 21.9 Å². The summed E-state index contributed by atoms with van der Waals surface area (Å²) in [7, 11) is -7.42. The van der Waals surface area contributed by atoms with Gasteiger partial charge in [-0.05, 0) is 12.1 Å². The van der Waals surface area contributed by atoms with E-state index in [1.165, 1.54) is 12.3 Å². The van der Waals surface area contributed by atoms with Gasteiger partial charge in [0, 0.05) is 11.6 Å². The predicted octanol–water partition coefficient (Wildman–Crippen LogP) is -0.329. The van der Waals surface area contributed by atoms with Gasteiger partial charge in [-0.3, -0.25) is 4.98 Å². The lowest BCUT2D eigenvalue weighted by Crippen LogP contribution is -2.42. The Kier molecular flexibility index (Phi) is 3.68. The molecule has 2 heterocycles. The fourth-order valence-corrected chi connectivity index (χ4v) is 5.79. The normalized spacial score (nSPS) is 24.6. The Morgan fingerprint density at radius 2 is 1.91 bits per heavy atom. The van der Waals surface area contributed by atoms with Crippen LogP contribution < -0.4 is 4.72 Å². The van der Waals surface area contributed by atoms with Gasteiger partial charge in [0.1, 0.15) is 4.90 Å². The van der Waals surface area contributed by atoms with Gasteiger partial charge in [-0.1, -0.05) is 18.2 Å². The van der Waals surface area contributed by atoms with Crippen molar-refractivity contribution in [2.75, 3.05) is 11.5 Å². The van der Waals surface area contributed by atoms with Gasteiger partial charge in [0.25, 0.3) is 0 Å². The van der Waals surface area contributed by atoms with Crippen LogP contribution >= 0.6 is 0 Å². The topological polar surface area (TPSA) is 113 Å². The molecule has 118 valence electrons. The molecule has 22 heavy (non-hydrogen) atoms. The van der Waals surface area contributed by atoms with E-state index in [-0.39, 0.29) is 4.90 Å². The molecule has 1 fully saturated rings. The van der Waals surface area contributed by atoms with Gasteiger partial charge in [-0.15, -0.1) is 0 Å². The Morgan fingerprint density at radius 1 is 1.18 bits per heavy atom. The van der Waals surface area contributed by atoms with Crippen LogP contribution in [0.15, 0.2) is 41.4 Å². The van der Waals surface area contributed by atoms with E-state index >= 15 is 0 Å². The summed E-state index contributed by atoms with van der Waals surface area (Å²) in [5.74, 6) is -0.848. The fourth-order valence-electron chi connectivity index (χ4n) is 2.50. The fraction of sp³-hybridized carbons (Fsp3) is 0.308. The molecule has 0 radical (unpaired) electrons. The summed E-state index contributed by atoms with van der Waals surface area (Å²) in [4.78, 5) is 4.03. The van der Waals surface area contributed by atoms with Crippen LogP contribution in [-0.4, -0.2) is 50.6 Å². The van der Waals surface area contributed by atoms with Crippen molar-refractivity contribution < 1.29 is 21.9 Å². The number of pyridine rings is 1. The Hall–Kier alpha value is -1.55. The highest BCUT2D eigenvalue weighted by Gasteiger charge is 2.39. The maximum absolute atomic E-state index is 12.5. The maximum Gasteiger partial charge on any atom is 0.243 e. The molecule has 2 N–H and O–H groups in total. The average molecular weight is 342 g/mol. The largest absolute Gasteiger partial charge is 0.390 e. The smallest absolute Gasteiger partial charge is 0.243 e. The molecule has 2 aromatic rings. The molecule has 7 nitrogen and oxygen atoms in total. The SMILES string of the molecule is O=S1(=O)C[C@@H](O)[C@H](NS(=O)(=O)c2cccc3cccnc23)C1. The molecule has 1 saturated heterocycles. The Balaban J connectivity index is 1.99. The first-order valence-corrected chi connectivity index (χ1v) is 9.83. The minimum atomic E-state index is -3.99. The number of hydrogen-bond donors (Lipinski definition) is 2. The van der Waals surface area contributed by atoms with Crippen molar-refractivity contribution in [2.45, 2.75) is 17.0 Å². The van der Waals surface area contributed by atoms with Gasteiger partial charge in [-0.2, -0.15) is 0 Å². The highest BCUT2D eigenvalue weighted by molar-refractivity contribution is 7.92. The lowest BCUT2D eigenvalue weighted by Gasteiger charge is -2.15. The minimum Gasteiger partial charge on any atom is -0.390 e. The quantitative estimate of drug-likeness (QED) is 0.790. The van der Waals surface area contributed by atoms with Crippen LogP contribution in [0.25, 0.3) is 10.9 Å². The lowest BCUT2D eigenvalue weighted by molar-refractivity contribution is 0.176. The van der Waals surface area contributed by atoms with E-state index in [0.717, 1.165) is 0 Å². The summed E-state index contributed by atoms with van der Waals surface area (Å²) in [6, 6.07) is 7.09. The van der Waals surface area contributed by atoms with Crippen LogP contribution in [0.2, 0.25) is 0 Å². The van der Waals surface area contributed by atoms with Crippen molar-refractivity contribution in [3.63, 3.8) is 0 Å². The molecular formula is C13H14N2O5S2. The zero-order valence-corrected chi connectivity index (χ0v) is 13.0. The summed E-state index contributed by atoms with van der Waals surface area (Å²) in [6.45, 7) is 0. The number of sulfonamides is 1. The van der Waals surface area contributed by atoms with Crippen molar-refractivity contribution in [1.82, 2.24) is 9.71 Å². The number of sulfone groups is 1. The van der Waals surface area contributed by atoms with Gasteiger partial charge in [0.2, 0.25) is 10.0 Å². The van der Waals surface area contributed by atoms with Crippen LogP contribution in [0.1, 0.15) is 0 Å². The van der Waals surface area contributed by atoms with E-state index in [4.69, 9.17) is 0 Å². The molecule has 0 saturated carbocycles. The van der Waals surface area contributed by atoms with Gasteiger partial charge in [-0.25, -0.2) is 21.6 Å². The molecule has 1 aromatic carbocycles. The number of hydrogen-bond acceptors (Lipinski definition) is 6. The number of para-hydroxylation sites is 1. The number of rotatable bonds is 3. The second kappa shape index (κ2) is 5.27. The molecule has 9 heteroatoms. The van der Waals surface area contributed by atoms with Crippen LogP contribution in [0, 0.1) is 0 Å². The average Bonchev–Trinajstić information content (AvgIpc) is 2.70. The minimum absolute atomic E-state index is 0.0397. The third-order valence-corrected chi connectivity index (χ3v) is 6.75. The van der Waals surface area contributed by atoms with Crippen LogP contribution in [0.5, 0.6) is 0 Å². The van der Waals surface area contributed by atoms with Crippen molar-refractivity contribution in [3.8, 4) is 0 Å². The Morgan fingerprint density at radius 3 is 2.59 bits per heavy atom. The standard InChI is InChI=1S/C13H14N2O5S2/c16-11-8-21(17,18)7-10(11)15-22(19,20)12-5-1-3-9-4-2-6-14-13(9)12/h1-6,10-11,15-16H,7-8H2/t10-,11-/m1/s1. The van der Waals surface area contributed by atoms with Crippen molar-refractivity contribution >= 4 is 30.8 Å². The summed E-state index contributed by atoms with van der Waals surface area (Å²) < 4.78 is 50.2. The molecule has 0 unspecified atom stereocenters. The zero-order chi connectivity index (χ0) is 16.0. The molecule has 0 spiro atoms. The van der Waals surface area contributed by atoms with Gasteiger partial charge in [0.15, 0.2) is 9.84 Å². The number of aliphatic hydroxyl groups is 1. The molecule has 0 bridgehead atoms. The van der Waals surface area contributed by atoms with Gasteiger partial charge >= 0.3 is 0 Å².